The molecule has 0 aliphatic carbocycles. The van der Waals surface area contributed by atoms with Gasteiger partial charge in [-0.05, 0) is 38.1 Å². The number of nitrogens with one attached hydrogen (secondary N) is 2. The van der Waals surface area contributed by atoms with Crippen molar-refractivity contribution in [1.29, 1.82) is 0 Å². The van der Waals surface area contributed by atoms with Crippen LogP contribution < -0.4 is 10.9 Å². The Hall–Kier alpha value is -3.26. The molecule has 0 bridgehead atoms. The second-order valence-corrected chi connectivity index (χ2v) is 7.39. The predicted molar refractivity (Wildman–Crippen MR) is 108 cm³/mol. The Kier molecular flexibility index (Phi) is 6.00. The molecule has 28 heavy (non-hydrogen) atoms. The number of H-pyrrole nitrogens is 1. The summed E-state index contributed by atoms with van der Waals surface area (Å²) in [6.45, 7) is 3.19. The van der Waals surface area contributed by atoms with Crippen molar-refractivity contribution in [2.45, 2.75) is 24.3 Å². The lowest BCUT2D eigenvalue weighted by atomic mass is 10.1. The molecule has 0 aliphatic heterocycles. The molecule has 3 aromatic rings. The molecule has 1 amide bonds. The minimum Gasteiger partial charge on any atom is -0.325 e. The van der Waals surface area contributed by atoms with Crippen molar-refractivity contribution in [3.05, 3.63) is 70.5 Å². The maximum absolute atomic E-state index is 12.4. The van der Waals surface area contributed by atoms with Gasteiger partial charge in [-0.1, -0.05) is 42.1 Å². The molecule has 2 aromatic carbocycles. The summed E-state index contributed by atoms with van der Waals surface area (Å²) < 4.78 is 0. The number of thioether (sulfide) groups is 1. The fourth-order valence-electron chi connectivity index (χ4n) is 2.41. The summed E-state index contributed by atoms with van der Waals surface area (Å²) >= 11 is 1.10. The number of hydrogen-bond donors (Lipinski definition) is 2. The highest BCUT2D eigenvalue weighted by molar-refractivity contribution is 8.00. The van der Waals surface area contributed by atoms with Crippen LogP contribution in [0.3, 0.4) is 0 Å². The standard InChI is InChI=1S/C20H18N4O3S/c1-12(25)14-8-10-16(11-9-14)21-18(26)13(2)28-20-22-19(27)17(23-24-20)15-6-4-3-5-7-15/h3-11,13H,1-2H3,(H,21,26)(H,22,24,27). The van der Waals surface area contributed by atoms with E-state index in [1.54, 1.807) is 43.3 Å². The van der Waals surface area contributed by atoms with Crippen molar-refractivity contribution in [3.63, 3.8) is 0 Å². The lowest BCUT2D eigenvalue weighted by molar-refractivity contribution is -0.115. The van der Waals surface area contributed by atoms with Gasteiger partial charge in [-0.25, -0.2) is 0 Å². The van der Waals surface area contributed by atoms with E-state index in [1.165, 1.54) is 6.92 Å². The maximum Gasteiger partial charge on any atom is 0.278 e. The number of carbonyl (C=O) groups excluding carboxylic acids is 2. The first-order valence-corrected chi connectivity index (χ1v) is 9.43. The second-order valence-electron chi connectivity index (χ2n) is 6.06. The third-order valence-corrected chi connectivity index (χ3v) is 4.91. The summed E-state index contributed by atoms with van der Waals surface area (Å²) in [7, 11) is 0. The molecular weight excluding hydrogens is 376 g/mol. The van der Waals surface area contributed by atoms with E-state index in [4.69, 9.17) is 0 Å². The third kappa shape index (κ3) is 4.72. The minimum absolute atomic E-state index is 0.0386. The normalized spacial score (nSPS) is 11.6. The van der Waals surface area contributed by atoms with Crippen LogP contribution in [0, 0.1) is 0 Å². The molecule has 0 fully saturated rings. The largest absolute Gasteiger partial charge is 0.325 e. The summed E-state index contributed by atoms with van der Waals surface area (Å²) in [6.07, 6.45) is 0. The van der Waals surface area contributed by atoms with Gasteiger partial charge in [0.1, 0.15) is 0 Å². The highest BCUT2D eigenvalue weighted by Crippen LogP contribution is 2.20. The van der Waals surface area contributed by atoms with E-state index in [2.05, 4.69) is 20.5 Å². The molecule has 1 unspecified atom stereocenters. The highest BCUT2D eigenvalue weighted by Gasteiger charge is 2.17. The van der Waals surface area contributed by atoms with Crippen molar-refractivity contribution in [2.24, 2.45) is 0 Å². The second kappa shape index (κ2) is 8.62. The lowest BCUT2D eigenvalue weighted by Crippen LogP contribution is -2.23. The van der Waals surface area contributed by atoms with Gasteiger partial charge in [0.25, 0.3) is 5.56 Å². The number of carbonyl (C=O) groups is 2. The minimum atomic E-state index is -0.514. The number of anilines is 1. The van der Waals surface area contributed by atoms with Gasteiger partial charge in [0.15, 0.2) is 16.6 Å². The number of benzene rings is 2. The monoisotopic (exact) mass is 394 g/mol. The summed E-state index contributed by atoms with van der Waals surface area (Å²) in [6, 6.07) is 15.7. The predicted octanol–water partition coefficient (Wildman–Crippen LogP) is 3.15. The molecule has 2 N–H and O–H groups in total. The number of nitrogens with zero attached hydrogens (tertiary/aromatic N) is 2. The summed E-state index contributed by atoms with van der Waals surface area (Å²) in [5.41, 5.74) is 1.70. The Bertz CT molecular complexity index is 1050. The Morgan fingerprint density at radius 1 is 1.04 bits per heavy atom. The van der Waals surface area contributed by atoms with Crippen LogP contribution in [-0.2, 0) is 4.79 Å². The van der Waals surface area contributed by atoms with Crippen molar-refractivity contribution in [3.8, 4) is 11.3 Å². The van der Waals surface area contributed by atoms with Crippen LogP contribution >= 0.6 is 11.8 Å². The van der Waals surface area contributed by atoms with Crippen LogP contribution in [0.2, 0.25) is 0 Å². The van der Waals surface area contributed by atoms with Crippen LogP contribution in [0.5, 0.6) is 0 Å². The number of Topliss-reactive ketones (excluding diaryl/α,β-unsaturated/α-hetero) is 1. The molecule has 7 nitrogen and oxygen atoms in total. The smallest absolute Gasteiger partial charge is 0.278 e. The Morgan fingerprint density at radius 2 is 1.71 bits per heavy atom. The van der Waals surface area contributed by atoms with Crippen LogP contribution in [0.4, 0.5) is 5.69 Å². The SMILES string of the molecule is CC(=O)c1ccc(NC(=O)C(C)Sc2nnc(-c3ccccc3)c(=O)[nH]2)cc1. The van der Waals surface area contributed by atoms with Crippen LogP contribution in [0.15, 0.2) is 64.5 Å². The molecule has 0 spiro atoms. The van der Waals surface area contributed by atoms with Gasteiger partial charge < -0.3 is 5.32 Å². The van der Waals surface area contributed by atoms with Crippen LogP contribution in [0.25, 0.3) is 11.3 Å². The maximum atomic E-state index is 12.4. The van der Waals surface area contributed by atoms with E-state index in [9.17, 15) is 14.4 Å². The van der Waals surface area contributed by atoms with Gasteiger partial charge in [-0.3, -0.25) is 19.4 Å². The number of aromatic nitrogens is 3. The van der Waals surface area contributed by atoms with Crippen LogP contribution in [-0.4, -0.2) is 32.1 Å². The number of aromatic amines is 1. The number of ketones is 1. The first-order chi connectivity index (χ1) is 13.4. The van der Waals surface area contributed by atoms with E-state index in [0.717, 1.165) is 11.8 Å². The lowest BCUT2D eigenvalue weighted by Gasteiger charge is -2.11. The Balaban J connectivity index is 1.66. The van der Waals surface area contributed by atoms with E-state index in [0.29, 0.717) is 16.8 Å². The molecule has 0 aliphatic rings. The molecule has 1 aromatic heterocycles. The van der Waals surface area contributed by atoms with Gasteiger partial charge in [0, 0.05) is 16.8 Å². The zero-order chi connectivity index (χ0) is 20.1. The average Bonchev–Trinajstić information content (AvgIpc) is 2.69. The van der Waals surface area contributed by atoms with E-state index < -0.39 is 5.25 Å². The van der Waals surface area contributed by atoms with Crippen molar-refractivity contribution in [2.75, 3.05) is 5.32 Å². The number of amides is 1. The van der Waals surface area contributed by atoms with Crippen molar-refractivity contribution < 1.29 is 9.59 Å². The fourth-order valence-corrected chi connectivity index (χ4v) is 3.15. The Labute approximate surface area is 165 Å². The topological polar surface area (TPSA) is 105 Å². The molecule has 1 atom stereocenters. The first kappa shape index (κ1) is 19.5. The van der Waals surface area contributed by atoms with E-state index >= 15 is 0 Å². The molecule has 0 radical (unpaired) electrons. The van der Waals surface area contributed by atoms with Crippen molar-refractivity contribution >= 4 is 29.1 Å². The molecule has 3 rings (SSSR count). The molecule has 0 saturated carbocycles. The number of rotatable bonds is 6. The molecule has 8 heteroatoms. The van der Waals surface area contributed by atoms with Gasteiger partial charge in [-0.2, -0.15) is 0 Å². The zero-order valence-electron chi connectivity index (χ0n) is 15.3. The van der Waals surface area contributed by atoms with E-state index in [1.807, 2.05) is 18.2 Å². The Morgan fingerprint density at radius 3 is 2.32 bits per heavy atom. The highest BCUT2D eigenvalue weighted by atomic mass is 32.2. The molecule has 1 heterocycles. The quantitative estimate of drug-likeness (QED) is 0.492. The average molecular weight is 394 g/mol. The molecular formula is C20H18N4O3S. The summed E-state index contributed by atoms with van der Waals surface area (Å²) in [5, 5.41) is 10.5. The zero-order valence-corrected chi connectivity index (χ0v) is 16.1. The molecule has 0 saturated heterocycles. The van der Waals surface area contributed by atoms with Crippen LogP contribution in [0.1, 0.15) is 24.2 Å². The third-order valence-electron chi connectivity index (χ3n) is 3.94. The van der Waals surface area contributed by atoms with Gasteiger partial charge in [0.2, 0.25) is 5.91 Å². The summed E-state index contributed by atoms with van der Waals surface area (Å²) in [4.78, 5) is 38.6. The summed E-state index contributed by atoms with van der Waals surface area (Å²) in [5.74, 6) is -0.293. The van der Waals surface area contributed by atoms with Gasteiger partial charge in [-0.15, -0.1) is 10.2 Å². The molecule has 142 valence electrons. The van der Waals surface area contributed by atoms with Gasteiger partial charge in [0.05, 0.1) is 5.25 Å². The number of hydrogen-bond acceptors (Lipinski definition) is 6. The van der Waals surface area contributed by atoms with E-state index in [-0.39, 0.29) is 28.1 Å². The van der Waals surface area contributed by atoms with Gasteiger partial charge >= 0.3 is 0 Å². The van der Waals surface area contributed by atoms with Crippen molar-refractivity contribution in [1.82, 2.24) is 15.2 Å². The fraction of sp³-hybridized carbons (Fsp3) is 0.150. The first-order valence-electron chi connectivity index (χ1n) is 8.55.